The molecule has 0 unspecified atom stereocenters. The van der Waals surface area contributed by atoms with Crippen molar-refractivity contribution in [3.63, 3.8) is 0 Å². The predicted molar refractivity (Wildman–Crippen MR) is 95.6 cm³/mol. The molecule has 3 rings (SSSR count). The van der Waals surface area contributed by atoms with Gasteiger partial charge >= 0.3 is 0 Å². The minimum atomic E-state index is -1.75. The fourth-order valence-electron chi connectivity index (χ4n) is 2.79. The molecule has 23 heavy (non-hydrogen) atoms. The summed E-state index contributed by atoms with van der Waals surface area (Å²) in [6.07, 6.45) is 4.45. The minimum absolute atomic E-state index is 0.229. The van der Waals surface area contributed by atoms with E-state index in [9.17, 15) is 0 Å². The van der Waals surface area contributed by atoms with Gasteiger partial charge in [-0.2, -0.15) is 0 Å². The molecule has 0 saturated carbocycles. The molecule has 0 radical (unpaired) electrons. The van der Waals surface area contributed by atoms with Gasteiger partial charge in [0.05, 0.1) is 18.8 Å². The van der Waals surface area contributed by atoms with Crippen molar-refractivity contribution in [3.05, 3.63) is 29.8 Å². The second-order valence-corrected chi connectivity index (χ2v) is 13.2. The van der Waals surface area contributed by atoms with Gasteiger partial charge in [-0.1, -0.05) is 32.9 Å². The normalized spacial score (nSPS) is 27.4. The Morgan fingerprint density at radius 3 is 2.43 bits per heavy atom. The van der Waals surface area contributed by atoms with Crippen LogP contribution in [0.25, 0.3) is 0 Å². The Morgan fingerprint density at radius 2 is 1.83 bits per heavy atom. The summed E-state index contributed by atoms with van der Waals surface area (Å²) >= 11 is 0. The lowest BCUT2D eigenvalue weighted by Crippen LogP contribution is -2.43. The van der Waals surface area contributed by atoms with Gasteiger partial charge < -0.3 is 13.9 Å². The highest BCUT2D eigenvalue weighted by Crippen LogP contribution is 2.37. The van der Waals surface area contributed by atoms with Crippen molar-refractivity contribution in [1.82, 2.24) is 0 Å². The van der Waals surface area contributed by atoms with Gasteiger partial charge in [0.25, 0.3) is 0 Å². The van der Waals surface area contributed by atoms with Crippen LogP contribution < -0.4 is 4.43 Å². The highest BCUT2D eigenvalue weighted by molar-refractivity contribution is 6.74. The first kappa shape index (κ1) is 17.0. The van der Waals surface area contributed by atoms with Gasteiger partial charge in [0, 0.05) is 6.42 Å². The Labute approximate surface area is 141 Å². The molecule has 2 aliphatic heterocycles. The molecule has 0 bridgehead atoms. The second kappa shape index (κ2) is 6.23. The van der Waals surface area contributed by atoms with Crippen LogP contribution in [0.15, 0.2) is 24.3 Å². The summed E-state index contributed by atoms with van der Waals surface area (Å²) in [5.74, 6) is 1.00. The molecule has 2 heterocycles. The highest BCUT2D eigenvalue weighted by atomic mass is 28.4. The zero-order valence-electron chi connectivity index (χ0n) is 15.1. The Balaban J connectivity index is 1.50. The lowest BCUT2D eigenvalue weighted by Gasteiger charge is -2.36. The van der Waals surface area contributed by atoms with Crippen molar-refractivity contribution in [2.45, 2.75) is 76.5 Å². The first-order chi connectivity index (χ1) is 10.7. The van der Waals surface area contributed by atoms with Crippen LogP contribution in [0.4, 0.5) is 0 Å². The van der Waals surface area contributed by atoms with Crippen LogP contribution in [0.1, 0.15) is 39.2 Å². The summed E-state index contributed by atoms with van der Waals surface area (Å²) < 4.78 is 17.7. The molecule has 2 fully saturated rings. The molecule has 4 heteroatoms. The van der Waals surface area contributed by atoms with E-state index < -0.39 is 8.32 Å². The molecule has 3 nitrogen and oxygen atoms in total. The van der Waals surface area contributed by atoms with Crippen molar-refractivity contribution in [2.24, 2.45) is 0 Å². The molecular formula is C19H30O3Si. The van der Waals surface area contributed by atoms with Gasteiger partial charge in [-0.25, -0.2) is 0 Å². The molecule has 0 amide bonds. The van der Waals surface area contributed by atoms with Gasteiger partial charge in [0.2, 0.25) is 8.32 Å². The molecule has 128 valence electrons. The van der Waals surface area contributed by atoms with Gasteiger partial charge in [-0.15, -0.1) is 0 Å². The molecule has 0 aromatic heterocycles. The molecule has 2 saturated heterocycles. The Kier molecular flexibility index (Phi) is 4.60. The van der Waals surface area contributed by atoms with Gasteiger partial charge in [0.15, 0.2) is 0 Å². The van der Waals surface area contributed by atoms with Crippen molar-refractivity contribution < 1.29 is 13.9 Å². The van der Waals surface area contributed by atoms with Gasteiger partial charge in [-0.05, 0) is 48.7 Å². The first-order valence-corrected chi connectivity index (χ1v) is 11.7. The topological polar surface area (TPSA) is 31.0 Å². The maximum absolute atomic E-state index is 6.33. The van der Waals surface area contributed by atoms with E-state index in [1.807, 2.05) is 0 Å². The third kappa shape index (κ3) is 4.17. The number of hydrogen-bond donors (Lipinski definition) is 0. The van der Waals surface area contributed by atoms with Crippen molar-refractivity contribution in [2.75, 3.05) is 6.61 Å². The fraction of sp³-hybridized carbons (Fsp3) is 0.684. The maximum Gasteiger partial charge on any atom is 0.250 e. The molecule has 2 aliphatic rings. The summed E-state index contributed by atoms with van der Waals surface area (Å²) in [7, 11) is -1.75. The van der Waals surface area contributed by atoms with Gasteiger partial charge in [0.1, 0.15) is 11.9 Å². The summed E-state index contributed by atoms with van der Waals surface area (Å²) in [6.45, 7) is 12.2. The number of benzene rings is 1. The Bertz CT molecular complexity index is 533. The van der Waals surface area contributed by atoms with E-state index in [-0.39, 0.29) is 5.04 Å². The summed E-state index contributed by atoms with van der Waals surface area (Å²) in [5, 5.41) is 0.229. The fourth-order valence-corrected chi connectivity index (χ4v) is 3.82. The zero-order valence-corrected chi connectivity index (χ0v) is 16.1. The van der Waals surface area contributed by atoms with E-state index in [1.54, 1.807) is 0 Å². The zero-order chi connectivity index (χ0) is 16.7. The van der Waals surface area contributed by atoms with E-state index in [0.29, 0.717) is 18.3 Å². The molecule has 3 atom stereocenters. The number of fused-ring (bicyclic) bond motifs is 1. The summed E-state index contributed by atoms with van der Waals surface area (Å²) in [6, 6.07) is 8.64. The molecular weight excluding hydrogens is 304 g/mol. The van der Waals surface area contributed by atoms with E-state index in [1.165, 1.54) is 5.56 Å². The quantitative estimate of drug-likeness (QED) is 0.584. The average molecular weight is 335 g/mol. The molecule has 0 N–H and O–H groups in total. The standard InChI is InChI=1S/C19H30O3Si/c1-19(2,3)23(4,5)22-15-9-6-14(7-10-15)8-11-16-12-17-18(21-17)13-20-16/h6-7,9-10,16-18H,8,11-13H2,1-5H3/t16-,17-,18+/m0/s1. The van der Waals surface area contributed by atoms with Crippen molar-refractivity contribution in [3.8, 4) is 5.75 Å². The van der Waals surface area contributed by atoms with Crippen LogP contribution in [-0.4, -0.2) is 33.2 Å². The largest absolute Gasteiger partial charge is 0.544 e. The number of rotatable bonds is 5. The highest BCUT2D eigenvalue weighted by Gasteiger charge is 2.44. The first-order valence-electron chi connectivity index (χ1n) is 8.80. The van der Waals surface area contributed by atoms with Crippen LogP contribution in [0.2, 0.25) is 18.1 Å². The lowest BCUT2D eigenvalue weighted by atomic mass is 10.0. The second-order valence-electron chi connectivity index (χ2n) is 8.45. The van der Waals surface area contributed by atoms with Crippen molar-refractivity contribution >= 4 is 8.32 Å². The monoisotopic (exact) mass is 334 g/mol. The average Bonchev–Trinajstić information content (AvgIpc) is 3.23. The molecule has 1 aromatic rings. The number of epoxide rings is 1. The van der Waals surface area contributed by atoms with E-state index in [4.69, 9.17) is 13.9 Å². The van der Waals surface area contributed by atoms with Crippen LogP contribution in [-0.2, 0) is 15.9 Å². The Morgan fingerprint density at radius 1 is 1.13 bits per heavy atom. The number of aryl methyl sites for hydroxylation is 1. The molecule has 0 spiro atoms. The predicted octanol–water partition coefficient (Wildman–Crippen LogP) is 4.56. The number of hydrogen-bond acceptors (Lipinski definition) is 3. The SMILES string of the molecule is CC(C)(C)[Si](C)(C)Oc1ccc(CC[C@H]2C[C@@H]3O[C@@H]3CO2)cc1. The molecule has 0 aliphatic carbocycles. The Hall–Kier alpha value is -0.843. The number of ether oxygens (including phenoxy) is 2. The van der Waals surface area contributed by atoms with E-state index >= 15 is 0 Å². The van der Waals surface area contributed by atoms with Crippen molar-refractivity contribution in [1.29, 1.82) is 0 Å². The van der Waals surface area contributed by atoms with E-state index in [2.05, 4.69) is 58.1 Å². The van der Waals surface area contributed by atoms with Crippen LogP contribution >= 0.6 is 0 Å². The minimum Gasteiger partial charge on any atom is -0.544 e. The van der Waals surface area contributed by atoms with Gasteiger partial charge in [-0.3, -0.25) is 0 Å². The lowest BCUT2D eigenvalue weighted by molar-refractivity contribution is 0.0250. The molecule has 1 aromatic carbocycles. The smallest absolute Gasteiger partial charge is 0.250 e. The van der Waals surface area contributed by atoms with Crippen LogP contribution in [0.3, 0.4) is 0 Å². The van der Waals surface area contributed by atoms with Crippen LogP contribution in [0, 0.1) is 0 Å². The third-order valence-corrected chi connectivity index (χ3v) is 9.89. The maximum atomic E-state index is 6.33. The van der Waals surface area contributed by atoms with Crippen LogP contribution in [0.5, 0.6) is 5.75 Å². The third-order valence-electron chi connectivity index (χ3n) is 5.54. The van der Waals surface area contributed by atoms with E-state index in [0.717, 1.165) is 31.6 Å². The summed E-state index contributed by atoms with van der Waals surface area (Å²) in [5.41, 5.74) is 1.36. The summed E-state index contributed by atoms with van der Waals surface area (Å²) in [4.78, 5) is 0.